The summed E-state index contributed by atoms with van der Waals surface area (Å²) in [5, 5.41) is 2.76. The monoisotopic (exact) mass is 327 g/mol. The number of benzene rings is 2. The van der Waals surface area contributed by atoms with Gasteiger partial charge in [0.15, 0.2) is 6.61 Å². The molecule has 0 saturated heterocycles. The van der Waals surface area contributed by atoms with E-state index in [0.717, 1.165) is 12.0 Å². The molecule has 0 aromatic heterocycles. The average Bonchev–Trinajstić information content (AvgIpc) is 2.60. The van der Waals surface area contributed by atoms with Gasteiger partial charge in [-0.3, -0.25) is 4.79 Å². The minimum absolute atomic E-state index is 0.192. The van der Waals surface area contributed by atoms with Crippen LogP contribution in [0.3, 0.4) is 0 Å². The Labute approximate surface area is 141 Å². The van der Waals surface area contributed by atoms with Crippen molar-refractivity contribution in [1.82, 2.24) is 0 Å². The van der Waals surface area contributed by atoms with Crippen LogP contribution in [0.25, 0.3) is 0 Å². The maximum atomic E-state index is 12.0. The van der Waals surface area contributed by atoms with Gasteiger partial charge in [0.25, 0.3) is 5.91 Å². The maximum Gasteiger partial charge on any atom is 0.341 e. The fourth-order valence-electron chi connectivity index (χ4n) is 2.20. The maximum absolute atomic E-state index is 12.0. The van der Waals surface area contributed by atoms with Gasteiger partial charge in [-0.2, -0.15) is 0 Å². The first-order chi connectivity index (χ1) is 11.5. The second-order valence-electron chi connectivity index (χ2n) is 5.38. The Morgan fingerprint density at radius 3 is 2.42 bits per heavy atom. The van der Waals surface area contributed by atoms with Crippen molar-refractivity contribution in [3.63, 3.8) is 0 Å². The van der Waals surface area contributed by atoms with E-state index in [1.165, 1.54) is 12.7 Å². The number of hydrogen-bond donors (Lipinski definition) is 1. The van der Waals surface area contributed by atoms with Gasteiger partial charge in [-0.05, 0) is 43.2 Å². The summed E-state index contributed by atoms with van der Waals surface area (Å²) in [6.45, 7) is 3.74. The van der Waals surface area contributed by atoms with E-state index in [0.29, 0.717) is 17.0 Å². The highest BCUT2D eigenvalue weighted by Gasteiger charge is 2.14. The van der Waals surface area contributed by atoms with Crippen molar-refractivity contribution < 1.29 is 19.1 Å². The lowest BCUT2D eigenvalue weighted by Crippen LogP contribution is -2.21. The number of ether oxygens (including phenoxy) is 2. The molecule has 1 N–H and O–H groups in total. The van der Waals surface area contributed by atoms with Crippen molar-refractivity contribution in [1.29, 1.82) is 0 Å². The van der Waals surface area contributed by atoms with E-state index >= 15 is 0 Å². The summed E-state index contributed by atoms with van der Waals surface area (Å²) in [5.41, 5.74) is 3.12. The zero-order chi connectivity index (χ0) is 17.5. The molecule has 1 amide bonds. The summed E-state index contributed by atoms with van der Waals surface area (Å²) < 4.78 is 10.2. The minimum Gasteiger partial charge on any atom is -0.483 e. The van der Waals surface area contributed by atoms with E-state index in [2.05, 4.69) is 12.2 Å². The molecule has 0 heterocycles. The summed E-state index contributed by atoms with van der Waals surface area (Å²) >= 11 is 0. The van der Waals surface area contributed by atoms with Crippen LogP contribution < -0.4 is 10.1 Å². The van der Waals surface area contributed by atoms with Crippen LogP contribution in [0.15, 0.2) is 42.5 Å². The summed E-state index contributed by atoms with van der Waals surface area (Å²) in [7, 11) is 1.31. The van der Waals surface area contributed by atoms with Gasteiger partial charge in [0, 0.05) is 5.69 Å². The van der Waals surface area contributed by atoms with Gasteiger partial charge in [0.05, 0.1) is 7.11 Å². The van der Waals surface area contributed by atoms with E-state index in [4.69, 9.17) is 9.47 Å². The van der Waals surface area contributed by atoms with Crippen LogP contribution in [-0.2, 0) is 16.0 Å². The van der Waals surface area contributed by atoms with Crippen molar-refractivity contribution in [3.8, 4) is 5.75 Å². The highest BCUT2D eigenvalue weighted by Crippen LogP contribution is 2.21. The molecule has 0 saturated carbocycles. The summed E-state index contributed by atoms with van der Waals surface area (Å²) in [5.74, 6) is -0.469. The number of aryl methyl sites for hydroxylation is 2. The molecule has 0 aliphatic heterocycles. The number of rotatable bonds is 6. The number of amides is 1. The first kappa shape index (κ1) is 17.5. The molecule has 0 unspecified atom stereocenters. The summed E-state index contributed by atoms with van der Waals surface area (Å²) in [4.78, 5) is 23.8. The Balaban J connectivity index is 1.99. The zero-order valence-electron chi connectivity index (χ0n) is 14.1. The highest BCUT2D eigenvalue weighted by molar-refractivity contribution is 5.94. The Kier molecular flexibility index (Phi) is 5.95. The van der Waals surface area contributed by atoms with Crippen LogP contribution >= 0.6 is 0 Å². The number of anilines is 1. The molecule has 0 bridgehead atoms. The zero-order valence-corrected chi connectivity index (χ0v) is 14.1. The molecule has 0 spiro atoms. The van der Waals surface area contributed by atoms with Gasteiger partial charge in [-0.15, -0.1) is 0 Å². The number of esters is 1. The van der Waals surface area contributed by atoms with Gasteiger partial charge in [-0.1, -0.05) is 30.7 Å². The first-order valence-corrected chi connectivity index (χ1v) is 7.74. The Morgan fingerprint density at radius 1 is 1.08 bits per heavy atom. The number of methoxy groups -OCH3 is 1. The summed E-state index contributed by atoms with van der Waals surface area (Å²) in [6.07, 6.45) is 0.946. The fourth-order valence-corrected chi connectivity index (χ4v) is 2.20. The van der Waals surface area contributed by atoms with Crippen molar-refractivity contribution in [3.05, 3.63) is 59.2 Å². The lowest BCUT2D eigenvalue weighted by Gasteiger charge is -2.11. The van der Waals surface area contributed by atoms with Crippen LogP contribution in [0, 0.1) is 6.92 Å². The van der Waals surface area contributed by atoms with Crippen LogP contribution in [0.1, 0.15) is 28.4 Å². The van der Waals surface area contributed by atoms with E-state index < -0.39 is 5.97 Å². The van der Waals surface area contributed by atoms with Crippen molar-refractivity contribution in [2.24, 2.45) is 0 Å². The first-order valence-electron chi connectivity index (χ1n) is 7.74. The third kappa shape index (κ3) is 4.59. The van der Waals surface area contributed by atoms with E-state index in [-0.39, 0.29) is 12.5 Å². The smallest absolute Gasteiger partial charge is 0.341 e. The van der Waals surface area contributed by atoms with Crippen molar-refractivity contribution in [2.75, 3.05) is 19.0 Å². The second-order valence-corrected chi connectivity index (χ2v) is 5.38. The molecule has 0 aliphatic carbocycles. The molecular weight excluding hydrogens is 306 g/mol. The van der Waals surface area contributed by atoms with Gasteiger partial charge in [-0.25, -0.2) is 4.79 Å². The predicted octanol–water partition coefficient (Wildman–Crippen LogP) is 3.36. The minimum atomic E-state index is -0.496. The Hall–Kier alpha value is -2.82. The molecule has 24 heavy (non-hydrogen) atoms. The molecule has 0 aliphatic rings. The topological polar surface area (TPSA) is 64.6 Å². The number of carbonyl (C=O) groups excluding carboxylic acids is 2. The van der Waals surface area contributed by atoms with Crippen LogP contribution in [0.4, 0.5) is 5.69 Å². The highest BCUT2D eigenvalue weighted by atomic mass is 16.5. The third-order valence-corrected chi connectivity index (χ3v) is 3.55. The van der Waals surface area contributed by atoms with E-state index in [1.54, 1.807) is 12.1 Å². The van der Waals surface area contributed by atoms with E-state index in [9.17, 15) is 9.59 Å². The lowest BCUT2D eigenvalue weighted by molar-refractivity contribution is -0.118. The van der Waals surface area contributed by atoms with Gasteiger partial charge in [0.1, 0.15) is 11.3 Å². The van der Waals surface area contributed by atoms with Gasteiger partial charge < -0.3 is 14.8 Å². The van der Waals surface area contributed by atoms with Gasteiger partial charge in [0.2, 0.25) is 0 Å². The van der Waals surface area contributed by atoms with Crippen LogP contribution in [0.5, 0.6) is 5.75 Å². The van der Waals surface area contributed by atoms with E-state index in [1.807, 2.05) is 37.3 Å². The second kappa shape index (κ2) is 8.15. The average molecular weight is 327 g/mol. The predicted molar refractivity (Wildman–Crippen MR) is 92.5 cm³/mol. The summed E-state index contributed by atoms with van der Waals surface area (Å²) in [6, 6.07) is 12.8. The lowest BCUT2D eigenvalue weighted by atomic mass is 10.1. The van der Waals surface area contributed by atoms with Gasteiger partial charge >= 0.3 is 5.97 Å². The molecule has 0 atom stereocenters. The number of carbonyl (C=O) groups is 2. The SMILES string of the molecule is CCc1ccc(NC(=O)COc2ccc(C)cc2C(=O)OC)cc1. The molecule has 0 fully saturated rings. The van der Waals surface area contributed by atoms with Crippen molar-refractivity contribution >= 4 is 17.6 Å². The Bertz CT molecular complexity index is 723. The molecule has 5 heteroatoms. The fraction of sp³-hybridized carbons (Fsp3) is 0.263. The quantitative estimate of drug-likeness (QED) is 0.826. The number of nitrogens with one attached hydrogen (secondary N) is 1. The van der Waals surface area contributed by atoms with Crippen LogP contribution in [0.2, 0.25) is 0 Å². The number of hydrogen-bond acceptors (Lipinski definition) is 4. The normalized spacial score (nSPS) is 10.1. The molecule has 2 rings (SSSR count). The molecule has 2 aromatic carbocycles. The molecule has 126 valence electrons. The van der Waals surface area contributed by atoms with Crippen LogP contribution in [-0.4, -0.2) is 25.6 Å². The molecule has 0 radical (unpaired) electrons. The largest absolute Gasteiger partial charge is 0.483 e. The molecule has 2 aromatic rings. The Morgan fingerprint density at radius 2 is 1.79 bits per heavy atom. The molecular formula is C19H21NO4. The molecule has 5 nitrogen and oxygen atoms in total. The third-order valence-electron chi connectivity index (χ3n) is 3.55. The van der Waals surface area contributed by atoms with Crippen molar-refractivity contribution in [2.45, 2.75) is 20.3 Å². The standard InChI is InChI=1S/C19H21NO4/c1-4-14-6-8-15(9-7-14)20-18(21)12-24-17-10-5-13(2)11-16(17)19(22)23-3/h5-11H,4,12H2,1-3H3,(H,20,21).